The molecule has 2 aliphatic heterocycles. The van der Waals surface area contributed by atoms with Gasteiger partial charge in [-0.25, -0.2) is 4.79 Å². The molecule has 0 saturated carbocycles. The molecule has 1 N–H and O–H groups in total. The normalized spacial score (nSPS) is 25.3. The Labute approximate surface area is 136 Å². The molecule has 6 heteroatoms. The Kier molecular flexibility index (Phi) is 4.02. The van der Waals surface area contributed by atoms with E-state index in [-0.39, 0.29) is 6.04 Å². The number of carboxylic acid groups (broad SMARTS) is 1. The van der Waals surface area contributed by atoms with Crippen LogP contribution in [0.15, 0.2) is 40.2 Å². The van der Waals surface area contributed by atoms with Gasteiger partial charge in [0.25, 0.3) is 0 Å². The van der Waals surface area contributed by atoms with Crippen LogP contribution >= 0.6 is 22.5 Å². The molecule has 2 aliphatic rings. The largest absolute Gasteiger partial charge is 0.465 e. The van der Waals surface area contributed by atoms with Crippen molar-refractivity contribution in [2.75, 3.05) is 6.54 Å². The van der Waals surface area contributed by atoms with Gasteiger partial charge in [-0.05, 0) is 52.5 Å². The monoisotopic (exact) mass is 337 g/mol. The highest BCUT2D eigenvalue weighted by Crippen LogP contribution is 2.48. The van der Waals surface area contributed by atoms with Gasteiger partial charge in [-0.1, -0.05) is 23.7 Å². The molecule has 0 aliphatic carbocycles. The van der Waals surface area contributed by atoms with Crippen LogP contribution in [0.25, 0.3) is 0 Å². The van der Waals surface area contributed by atoms with Crippen LogP contribution < -0.4 is 0 Å². The number of carbonyl (C=O) groups is 2. The Morgan fingerprint density at radius 2 is 2.27 bits per heavy atom. The molecule has 1 aromatic rings. The summed E-state index contributed by atoms with van der Waals surface area (Å²) in [7, 11) is -0.938. The SMILES string of the molecule is CC1=C([C@H]2c3cc(Cl)ccc3CCN2C(=O)O)C=C[SH]1C=O. The van der Waals surface area contributed by atoms with Gasteiger partial charge in [0.05, 0.1) is 6.04 Å². The molecule has 0 bridgehead atoms. The highest BCUT2D eigenvalue weighted by atomic mass is 35.5. The summed E-state index contributed by atoms with van der Waals surface area (Å²) in [6.07, 6.45) is 1.62. The maximum absolute atomic E-state index is 11.7. The van der Waals surface area contributed by atoms with Crippen molar-refractivity contribution in [2.24, 2.45) is 0 Å². The van der Waals surface area contributed by atoms with Crippen molar-refractivity contribution >= 4 is 34.2 Å². The quantitative estimate of drug-likeness (QED) is 0.635. The van der Waals surface area contributed by atoms with Gasteiger partial charge < -0.3 is 5.11 Å². The smallest absolute Gasteiger partial charge is 0.408 e. The maximum atomic E-state index is 11.7. The Bertz CT molecular complexity index is 713. The Morgan fingerprint density at radius 3 is 2.91 bits per heavy atom. The molecule has 0 radical (unpaired) electrons. The number of nitrogens with zero attached hydrogens (tertiary/aromatic N) is 1. The summed E-state index contributed by atoms with van der Waals surface area (Å²) < 4.78 is 0. The van der Waals surface area contributed by atoms with E-state index in [1.807, 2.05) is 36.6 Å². The van der Waals surface area contributed by atoms with Crippen molar-refractivity contribution in [1.29, 1.82) is 0 Å². The number of fused-ring (bicyclic) bond motifs is 1. The van der Waals surface area contributed by atoms with Gasteiger partial charge in [-0.3, -0.25) is 9.69 Å². The van der Waals surface area contributed by atoms with E-state index in [0.717, 1.165) is 27.2 Å². The van der Waals surface area contributed by atoms with Crippen LogP contribution in [-0.2, 0) is 11.2 Å². The number of halogens is 1. The third kappa shape index (κ3) is 2.44. The van der Waals surface area contributed by atoms with Gasteiger partial charge in [-0.2, -0.15) is 10.9 Å². The summed E-state index contributed by atoms with van der Waals surface area (Å²) in [6.45, 7) is 2.35. The summed E-state index contributed by atoms with van der Waals surface area (Å²) in [5.74, 6) is 0. The number of thiol groups is 1. The molecular formula is C16H16ClNO3S. The number of hydrogen-bond donors (Lipinski definition) is 2. The number of allylic oxidation sites excluding steroid dienone is 1. The molecule has 1 unspecified atom stereocenters. The zero-order chi connectivity index (χ0) is 15.9. The molecule has 3 rings (SSSR count). The fraction of sp³-hybridized carbons (Fsp3) is 0.250. The van der Waals surface area contributed by atoms with Crippen LogP contribution in [0.3, 0.4) is 0 Å². The van der Waals surface area contributed by atoms with Crippen LogP contribution in [0.5, 0.6) is 0 Å². The van der Waals surface area contributed by atoms with Gasteiger partial charge in [0.2, 0.25) is 0 Å². The number of benzene rings is 1. The lowest BCUT2D eigenvalue weighted by atomic mass is 9.88. The number of amides is 1. The average molecular weight is 338 g/mol. The van der Waals surface area contributed by atoms with Crippen molar-refractivity contribution in [2.45, 2.75) is 19.4 Å². The summed E-state index contributed by atoms with van der Waals surface area (Å²) in [5.41, 5.74) is 3.88. The molecule has 1 amide bonds. The van der Waals surface area contributed by atoms with E-state index in [2.05, 4.69) is 0 Å². The molecule has 22 heavy (non-hydrogen) atoms. The van der Waals surface area contributed by atoms with E-state index < -0.39 is 17.0 Å². The molecule has 0 aromatic heterocycles. The molecule has 0 saturated heterocycles. The Morgan fingerprint density at radius 1 is 1.50 bits per heavy atom. The first-order chi connectivity index (χ1) is 10.5. The standard InChI is InChI=1S/C16H16ClNO3S/c1-10-13(5-7-22(10)9-19)15-14-8-12(17)3-2-11(14)4-6-18(15)16(20)21/h2-3,5,7-9,15,22H,4,6H2,1H3,(H,20,21)/t15-/m0/s1. The van der Waals surface area contributed by atoms with Gasteiger partial charge in [0.1, 0.15) is 0 Å². The molecule has 2 atom stereocenters. The lowest BCUT2D eigenvalue weighted by Gasteiger charge is -2.36. The molecule has 116 valence electrons. The Balaban J connectivity index is 2.15. The second kappa shape index (κ2) is 5.82. The first kappa shape index (κ1) is 15.2. The third-order valence-electron chi connectivity index (χ3n) is 4.21. The molecule has 0 spiro atoms. The maximum Gasteiger partial charge on any atom is 0.408 e. The molecule has 1 aromatic carbocycles. The first-order valence-corrected chi connectivity index (χ1v) is 8.79. The van der Waals surface area contributed by atoms with Crippen LogP contribution in [0.1, 0.15) is 24.1 Å². The first-order valence-electron chi connectivity index (χ1n) is 6.93. The number of hydrogen-bond acceptors (Lipinski definition) is 2. The second-order valence-electron chi connectivity index (χ2n) is 5.34. The minimum Gasteiger partial charge on any atom is -0.465 e. The van der Waals surface area contributed by atoms with Crippen molar-refractivity contribution in [3.8, 4) is 0 Å². The van der Waals surface area contributed by atoms with Crippen molar-refractivity contribution < 1.29 is 14.7 Å². The fourth-order valence-corrected chi connectivity index (χ4v) is 4.52. The zero-order valence-corrected chi connectivity index (χ0v) is 13.6. The van der Waals surface area contributed by atoms with Crippen molar-refractivity contribution in [1.82, 2.24) is 4.90 Å². The highest BCUT2D eigenvalue weighted by Gasteiger charge is 2.35. The minimum atomic E-state index is -0.952. The van der Waals surface area contributed by atoms with E-state index in [0.29, 0.717) is 18.0 Å². The Hall–Kier alpha value is -1.72. The van der Waals surface area contributed by atoms with Gasteiger partial charge >= 0.3 is 6.09 Å². The molecular weight excluding hydrogens is 322 g/mol. The summed E-state index contributed by atoms with van der Waals surface area (Å²) in [4.78, 5) is 25.2. The zero-order valence-electron chi connectivity index (χ0n) is 12.0. The third-order valence-corrected chi connectivity index (χ3v) is 6.18. The molecule has 2 heterocycles. The lowest BCUT2D eigenvalue weighted by Crippen LogP contribution is -2.40. The number of carbonyl (C=O) groups excluding carboxylic acids is 1. The summed E-state index contributed by atoms with van der Waals surface area (Å²) in [5, 5.41) is 12.0. The molecule has 4 nitrogen and oxygen atoms in total. The number of rotatable bonds is 2. The lowest BCUT2D eigenvalue weighted by molar-refractivity contribution is 0.129. The fourth-order valence-electron chi connectivity index (χ4n) is 3.07. The van der Waals surface area contributed by atoms with Gasteiger partial charge in [0, 0.05) is 11.6 Å². The topological polar surface area (TPSA) is 57.6 Å². The predicted molar refractivity (Wildman–Crippen MR) is 90.2 cm³/mol. The minimum absolute atomic E-state index is 0.386. The van der Waals surface area contributed by atoms with Crippen LogP contribution in [0.2, 0.25) is 5.02 Å². The van der Waals surface area contributed by atoms with E-state index in [4.69, 9.17) is 11.6 Å². The molecule has 0 fully saturated rings. The van der Waals surface area contributed by atoms with Crippen molar-refractivity contribution in [3.05, 3.63) is 56.3 Å². The predicted octanol–water partition coefficient (Wildman–Crippen LogP) is 3.91. The van der Waals surface area contributed by atoms with E-state index in [1.54, 1.807) is 0 Å². The van der Waals surface area contributed by atoms with E-state index in [1.165, 1.54) is 4.90 Å². The van der Waals surface area contributed by atoms with Crippen LogP contribution in [0, 0.1) is 0 Å². The van der Waals surface area contributed by atoms with Crippen LogP contribution in [0.4, 0.5) is 4.79 Å². The highest BCUT2D eigenvalue weighted by molar-refractivity contribution is 8.33. The van der Waals surface area contributed by atoms with Crippen molar-refractivity contribution in [3.63, 3.8) is 0 Å². The summed E-state index contributed by atoms with van der Waals surface area (Å²) in [6, 6.07) is 5.24. The van der Waals surface area contributed by atoms with Gasteiger partial charge in [-0.15, -0.1) is 0 Å². The van der Waals surface area contributed by atoms with E-state index in [9.17, 15) is 14.7 Å². The second-order valence-corrected chi connectivity index (χ2v) is 7.77. The van der Waals surface area contributed by atoms with Crippen LogP contribution in [-0.4, -0.2) is 28.3 Å². The van der Waals surface area contributed by atoms with Gasteiger partial charge in [0.15, 0.2) is 5.62 Å². The average Bonchev–Trinajstić information content (AvgIpc) is 2.86. The summed E-state index contributed by atoms with van der Waals surface area (Å²) >= 11 is 6.12. The van der Waals surface area contributed by atoms with E-state index >= 15 is 0 Å².